The van der Waals surface area contributed by atoms with E-state index in [-0.39, 0.29) is 25.3 Å². The summed E-state index contributed by atoms with van der Waals surface area (Å²) in [4.78, 5) is 21.3. The molecule has 1 amide bonds. The Morgan fingerprint density at radius 3 is 2.70 bits per heavy atom. The van der Waals surface area contributed by atoms with E-state index in [9.17, 15) is 13.6 Å². The molecule has 2 aromatic carbocycles. The van der Waals surface area contributed by atoms with E-state index in [1.165, 1.54) is 0 Å². The Kier molecular flexibility index (Phi) is 7.24. The summed E-state index contributed by atoms with van der Waals surface area (Å²) in [6, 6.07) is 13.2. The van der Waals surface area contributed by atoms with Crippen molar-refractivity contribution in [3.05, 3.63) is 59.8 Å². The number of carbonyl (C=O) groups excluding carboxylic acids is 1. The first kappa shape index (κ1) is 25.3. The van der Waals surface area contributed by atoms with Crippen LogP contribution in [0.4, 0.5) is 20.3 Å². The SMILES string of the molecule is CSc1cccc(NC(=O)c2c(N3CCCC(F)(F)CC3)ncc(-c3ccc4c(c3)OCCO4)c2C)c1. The Labute approximate surface area is 219 Å². The fourth-order valence-corrected chi connectivity index (χ4v) is 5.23. The number of ether oxygens (including phenoxy) is 2. The maximum atomic E-state index is 14.1. The largest absolute Gasteiger partial charge is 0.486 e. The van der Waals surface area contributed by atoms with E-state index < -0.39 is 5.92 Å². The molecule has 1 N–H and O–H groups in total. The van der Waals surface area contributed by atoms with E-state index >= 15 is 0 Å². The number of pyridine rings is 1. The molecular weight excluding hydrogens is 496 g/mol. The molecule has 6 nitrogen and oxygen atoms in total. The van der Waals surface area contributed by atoms with Crippen LogP contribution >= 0.6 is 11.8 Å². The van der Waals surface area contributed by atoms with Gasteiger partial charge in [-0.25, -0.2) is 13.8 Å². The minimum atomic E-state index is -2.71. The van der Waals surface area contributed by atoms with Gasteiger partial charge in [-0.05, 0) is 61.1 Å². The van der Waals surface area contributed by atoms with E-state index in [2.05, 4.69) is 10.3 Å². The van der Waals surface area contributed by atoms with Gasteiger partial charge in [-0.15, -0.1) is 11.8 Å². The second-order valence-electron chi connectivity index (χ2n) is 9.24. The number of nitrogens with one attached hydrogen (secondary N) is 1. The molecule has 0 spiro atoms. The van der Waals surface area contributed by atoms with E-state index in [1.54, 1.807) is 18.0 Å². The zero-order chi connectivity index (χ0) is 26.0. The highest BCUT2D eigenvalue weighted by atomic mass is 32.2. The normalized spacial score (nSPS) is 16.7. The van der Waals surface area contributed by atoms with Gasteiger partial charge >= 0.3 is 0 Å². The van der Waals surface area contributed by atoms with Crippen molar-refractivity contribution in [2.24, 2.45) is 0 Å². The van der Waals surface area contributed by atoms with E-state index in [1.807, 2.05) is 60.5 Å². The fourth-order valence-electron chi connectivity index (χ4n) is 4.77. The summed E-state index contributed by atoms with van der Waals surface area (Å²) in [6.45, 7) is 3.38. The number of rotatable bonds is 5. The van der Waals surface area contributed by atoms with E-state index in [0.29, 0.717) is 54.7 Å². The molecule has 0 aliphatic carbocycles. The number of hydrogen-bond donors (Lipinski definition) is 1. The predicted molar refractivity (Wildman–Crippen MR) is 143 cm³/mol. The van der Waals surface area contributed by atoms with Gasteiger partial charge in [-0.1, -0.05) is 12.1 Å². The van der Waals surface area contributed by atoms with Gasteiger partial charge in [0.15, 0.2) is 11.5 Å². The number of aromatic nitrogens is 1. The highest BCUT2D eigenvalue weighted by Crippen LogP contribution is 2.38. The smallest absolute Gasteiger partial charge is 0.259 e. The number of amides is 1. The van der Waals surface area contributed by atoms with Crippen molar-refractivity contribution >= 4 is 29.2 Å². The van der Waals surface area contributed by atoms with E-state index in [0.717, 1.165) is 21.6 Å². The molecule has 1 aromatic heterocycles. The number of fused-ring (bicyclic) bond motifs is 1. The zero-order valence-electron chi connectivity index (χ0n) is 20.9. The standard InChI is InChI=1S/C28H29F2N3O3S/c1-18-22(19-7-8-23-24(15-19)36-14-13-35-23)17-31-26(33-11-4-9-28(29,30)10-12-33)25(18)27(34)32-20-5-3-6-21(16-20)37-2/h3,5-8,15-17H,4,9-14H2,1-2H3,(H,32,34). The van der Waals surface area contributed by atoms with Crippen LogP contribution in [0.15, 0.2) is 53.6 Å². The summed E-state index contributed by atoms with van der Waals surface area (Å²) in [5.74, 6) is -1.30. The molecule has 5 rings (SSSR count). The first-order chi connectivity index (χ1) is 17.8. The maximum absolute atomic E-state index is 14.1. The fraction of sp³-hybridized carbons (Fsp3) is 0.357. The Bertz CT molecular complexity index is 1320. The summed E-state index contributed by atoms with van der Waals surface area (Å²) in [5.41, 5.74) is 3.36. The lowest BCUT2D eigenvalue weighted by Crippen LogP contribution is -2.30. The molecule has 3 heterocycles. The second kappa shape index (κ2) is 10.6. The number of anilines is 2. The molecule has 0 bridgehead atoms. The minimum absolute atomic E-state index is 0.130. The van der Waals surface area contributed by atoms with Gasteiger partial charge in [0.1, 0.15) is 19.0 Å². The summed E-state index contributed by atoms with van der Waals surface area (Å²) in [6.07, 6.45) is 3.58. The molecule has 0 radical (unpaired) electrons. The summed E-state index contributed by atoms with van der Waals surface area (Å²) in [5, 5.41) is 3.00. The van der Waals surface area contributed by atoms with Crippen LogP contribution in [-0.4, -0.2) is 49.4 Å². The molecule has 2 aliphatic heterocycles. The molecule has 1 saturated heterocycles. The van der Waals surface area contributed by atoms with Gasteiger partial charge in [0.2, 0.25) is 5.92 Å². The van der Waals surface area contributed by atoms with Crippen LogP contribution in [0.5, 0.6) is 11.5 Å². The third-order valence-electron chi connectivity index (χ3n) is 6.74. The number of carbonyl (C=O) groups is 1. The van der Waals surface area contributed by atoms with Crippen LogP contribution in [0.2, 0.25) is 0 Å². The Morgan fingerprint density at radius 2 is 1.89 bits per heavy atom. The van der Waals surface area contributed by atoms with Gasteiger partial charge in [0, 0.05) is 48.3 Å². The molecule has 37 heavy (non-hydrogen) atoms. The molecule has 2 aliphatic rings. The zero-order valence-corrected chi connectivity index (χ0v) is 21.7. The van der Waals surface area contributed by atoms with Crippen molar-refractivity contribution in [3.8, 4) is 22.6 Å². The van der Waals surface area contributed by atoms with Crippen LogP contribution in [0.3, 0.4) is 0 Å². The van der Waals surface area contributed by atoms with Gasteiger partial charge in [0.25, 0.3) is 5.91 Å². The summed E-state index contributed by atoms with van der Waals surface area (Å²) in [7, 11) is 0. The number of alkyl halides is 2. The van der Waals surface area contributed by atoms with Gasteiger partial charge < -0.3 is 19.7 Å². The Balaban J connectivity index is 1.56. The van der Waals surface area contributed by atoms with Gasteiger partial charge in [0.05, 0.1) is 5.56 Å². The predicted octanol–water partition coefficient (Wildman–Crippen LogP) is 6.43. The van der Waals surface area contributed by atoms with Crippen LogP contribution in [0, 0.1) is 6.92 Å². The van der Waals surface area contributed by atoms with Crippen LogP contribution < -0.4 is 19.7 Å². The first-order valence-corrected chi connectivity index (χ1v) is 13.5. The monoisotopic (exact) mass is 525 g/mol. The molecular formula is C28H29F2N3O3S. The molecule has 1 fully saturated rings. The topological polar surface area (TPSA) is 63.7 Å². The number of halogens is 2. The highest BCUT2D eigenvalue weighted by Gasteiger charge is 2.33. The number of hydrogen-bond acceptors (Lipinski definition) is 6. The maximum Gasteiger partial charge on any atom is 0.259 e. The average Bonchev–Trinajstić information content (AvgIpc) is 3.08. The van der Waals surface area contributed by atoms with Crippen molar-refractivity contribution in [1.82, 2.24) is 4.98 Å². The molecule has 194 valence electrons. The van der Waals surface area contributed by atoms with Crippen molar-refractivity contribution in [1.29, 1.82) is 0 Å². The summed E-state index contributed by atoms with van der Waals surface area (Å²) >= 11 is 1.58. The lowest BCUT2D eigenvalue weighted by atomic mass is 9.97. The third-order valence-corrected chi connectivity index (χ3v) is 7.47. The molecule has 0 atom stereocenters. The van der Waals surface area contributed by atoms with Gasteiger partial charge in [-0.2, -0.15) is 0 Å². The highest BCUT2D eigenvalue weighted by molar-refractivity contribution is 7.98. The van der Waals surface area contributed by atoms with Crippen LogP contribution in [0.1, 0.15) is 35.2 Å². The Morgan fingerprint density at radius 1 is 1.08 bits per heavy atom. The minimum Gasteiger partial charge on any atom is -0.486 e. The third kappa shape index (κ3) is 5.51. The van der Waals surface area contributed by atoms with Crippen molar-refractivity contribution < 1.29 is 23.0 Å². The van der Waals surface area contributed by atoms with Crippen molar-refractivity contribution in [3.63, 3.8) is 0 Å². The molecule has 0 unspecified atom stereocenters. The summed E-state index contributed by atoms with van der Waals surface area (Å²) < 4.78 is 39.6. The average molecular weight is 526 g/mol. The molecule has 3 aromatic rings. The molecule has 0 saturated carbocycles. The van der Waals surface area contributed by atoms with E-state index in [4.69, 9.17) is 9.47 Å². The first-order valence-electron chi connectivity index (χ1n) is 12.3. The Hall–Kier alpha value is -3.33. The quantitative estimate of drug-likeness (QED) is 0.388. The lowest BCUT2D eigenvalue weighted by molar-refractivity contribution is -0.0102. The van der Waals surface area contributed by atoms with Crippen molar-refractivity contribution in [2.45, 2.75) is 37.0 Å². The molecule has 9 heteroatoms. The lowest BCUT2D eigenvalue weighted by Gasteiger charge is -2.26. The number of nitrogens with zero attached hydrogens (tertiary/aromatic N) is 2. The van der Waals surface area contributed by atoms with Gasteiger partial charge in [-0.3, -0.25) is 4.79 Å². The van der Waals surface area contributed by atoms with Crippen molar-refractivity contribution in [2.75, 3.05) is 42.8 Å². The number of thioether (sulfide) groups is 1. The van der Waals surface area contributed by atoms with Crippen LogP contribution in [0.25, 0.3) is 11.1 Å². The second-order valence-corrected chi connectivity index (χ2v) is 10.1. The van der Waals surface area contributed by atoms with Crippen LogP contribution in [-0.2, 0) is 0 Å². The number of benzene rings is 2.